The normalized spacial score (nSPS) is 17.5. The number of hydrogen-bond acceptors (Lipinski definition) is 4. The van der Waals surface area contributed by atoms with Crippen molar-refractivity contribution in [3.05, 3.63) is 0 Å². The molecule has 2 atom stereocenters. The lowest BCUT2D eigenvalue weighted by Gasteiger charge is -2.35. The standard InChI is InChI=1S/C13H31N3O/c1-7-14-13(3,11-17)10-12(2)16(6)9-8-15(4)5/h12,14,17H,7-11H2,1-6H3. The Morgan fingerprint density at radius 1 is 1.24 bits per heavy atom. The van der Waals surface area contributed by atoms with Crippen LogP contribution in [0, 0.1) is 0 Å². The van der Waals surface area contributed by atoms with Crippen molar-refractivity contribution in [1.29, 1.82) is 0 Å². The van der Waals surface area contributed by atoms with Crippen LogP contribution in [0.4, 0.5) is 0 Å². The first-order valence-corrected chi connectivity index (χ1v) is 6.55. The molecule has 4 nitrogen and oxygen atoms in total. The highest BCUT2D eigenvalue weighted by molar-refractivity contribution is 4.86. The molecule has 0 heterocycles. The van der Waals surface area contributed by atoms with E-state index in [1.165, 1.54) is 0 Å². The zero-order chi connectivity index (χ0) is 13.5. The predicted molar refractivity (Wildman–Crippen MR) is 74.4 cm³/mol. The summed E-state index contributed by atoms with van der Waals surface area (Å²) in [5, 5.41) is 12.8. The Morgan fingerprint density at radius 2 is 1.82 bits per heavy atom. The Morgan fingerprint density at radius 3 is 2.24 bits per heavy atom. The van der Waals surface area contributed by atoms with Crippen LogP contribution < -0.4 is 5.32 Å². The molecule has 104 valence electrons. The lowest BCUT2D eigenvalue weighted by Crippen LogP contribution is -2.50. The Hall–Kier alpha value is -0.160. The van der Waals surface area contributed by atoms with Crippen molar-refractivity contribution >= 4 is 0 Å². The molecule has 0 amide bonds. The van der Waals surface area contributed by atoms with Crippen molar-refractivity contribution in [3.63, 3.8) is 0 Å². The van der Waals surface area contributed by atoms with Crippen LogP contribution in [0.5, 0.6) is 0 Å². The zero-order valence-corrected chi connectivity index (χ0v) is 12.5. The van der Waals surface area contributed by atoms with Crippen LogP contribution in [0.15, 0.2) is 0 Å². The molecule has 2 N–H and O–H groups in total. The van der Waals surface area contributed by atoms with E-state index in [1.54, 1.807) is 0 Å². The SMILES string of the molecule is CCNC(C)(CO)CC(C)N(C)CCN(C)C. The van der Waals surface area contributed by atoms with Crippen LogP contribution >= 0.6 is 0 Å². The summed E-state index contributed by atoms with van der Waals surface area (Å²) in [7, 11) is 6.34. The molecule has 0 bridgehead atoms. The molecule has 0 radical (unpaired) electrons. The van der Waals surface area contributed by atoms with Gasteiger partial charge >= 0.3 is 0 Å². The third kappa shape index (κ3) is 6.99. The summed E-state index contributed by atoms with van der Waals surface area (Å²) >= 11 is 0. The van der Waals surface area contributed by atoms with E-state index in [2.05, 4.69) is 57.0 Å². The van der Waals surface area contributed by atoms with Crippen LogP contribution in [-0.2, 0) is 0 Å². The van der Waals surface area contributed by atoms with Gasteiger partial charge in [0.05, 0.1) is 6.61 Å². The minimum Gasteiger partial charge on any atom is -0.394 e. The number of hydrogen-bond donors (Lipinski definition) is 2. The Kier molecular flexibility index (Phi) is 7.96. The van der Waals surface area contributed by atoms with E-state index in [0.29, 0.717) is 6.04 Å². The van der Waals surface area contributed by atoms with E-state index >= 15 is 0 Å². The fourth-order valence-corrected chi connectivity index (χ4v) is 2.01. The van der Waals surface area contributed by atoms with Crippen LogP contribution in [0.3, 0.4) is 0 Å². The number of nitrogens with zero attached hydrogens (tertiary/aromatic N) is 2. The van der Waals surface area contributed by atoms with Gasteiger partial charge in [0.1, 0.15) is 0 Å². The van der Waals surface area contributed by atoms with E-state index in [4.69, 9.17) is 0 Å². The van der Waals surface area contributed by atoms with Gasteiger partial charge in [0.2, 0.25) is 0 Å². The van der Waals surface area contributed by atoms with Gasteiger partial charge in [-0.15, -0.1) is 0 Å². The van der Waals surface area contributed by atoms with Crippen molar-refractivity contribution in [2.75, 3.05) is 47.4 Å². The number of nitrogens with one attached hydrogen (secondary N) is 1. The quantitative estimate of drug-likeness (QED) is 0.625. The van der Waals surface area contributed by atoms with E-state index in [0.717, 1.165) is 26.1 Å². The molecule has 2 unspecified atom stereocenters. The summed E-state index contributed by atoms with van der Waals surface area (Å²) in [6.45, 7) is 9.60. The maximum atomic E-state index is 9.48. The van der Waals surface area contributed by atoms with Crippen LogP contribution in [-0.4, -0.2) is 73.9 Å². The molecule has 0 aromatic carbocycles. The first-order chi connectivity index (χ1) is 7.84. The summed E-state index contributed by atoms with van der Waals surface area (Å²) in [5.41, 5.74) is -0.166. The summed E-state index contributed by atoms with van der Waals surface area (Å²) in [6.07, 6.45) is 0.960. The molecule has 0 saturated heterocycles. The minimum absolute atomic E-state index is 0.166. The van der Waals surface area contributed by atoms with E-state index in [9.17, 15) is 5.11 Å². The largest absolute Gasteiger partial charge is 0.394 e. The van der Waals surface area contributed by atoms with Gasteiger partial charge in [0, 0.05) is 24.7 Å². The van der Waals surface area contributed by atoms with Crippen molar-refractivity contribution in [1.82, 2.24) is 15.1 Å². The molecule has 0 fully saturated rings. The summed E-state index contributed by atoms with van der Waals surface area (Å²) in [5.74, 6) is 0. The smallest absolute Gasteiger partial charge is 0.0611 e. The molecule has 0 aliphatic heterocycles. The molecule has 0 saturated carbocycles. The second-order valence-electron chi connectivity index (χ2n) is 5.59. The Balaban J connectivity index is 4.16. The number of aliphatic hydroxyl groups is 1. The van der Waals surface area contributed by atoms with Crippen molar-refractivity contribution in [2.45, 2.75) is 38.8 Å². The number of rotatable bonds is 9. The zero-order valence-electron chi connectivity index (χ0n) is 12.5. The van der Waals surface area contributed by atoms with Gasteiger partial charge in [-0.3, -0.25) is 0 Å². The number of likely N-dealkylation sites (N-methyl/N-ethyl adjacent to an activating group) is 3. The monoisotopic (exact) mass is 245 g/mol. The van der Waals surface area contributed by atoms with Gasteiger partial charge in [0.25, 0.3) is 0 Å². The fourth-order valence-electron chi connectivity index (χ4n) is 2.01. The topological polar surface area (TPSA) is 38.7 Å². The average molecular weight is 245 g/mol. The van der Waals surface area contributed by atoms with Crippen molar-refractivity contribution in [3.8, 4) is 0 Å². The highest BCUT2D eigenvalue weighted by atomic mass is 16.3. The molecule has 0 aliphatic rings. The molecule has 4 heteroatoms. The van der Waals surface area contributed by atoms with Gasteiger partial charge in [-0.2, -0.15) is 0 Å². The summed E-state index contributed by atoms with van der Waals surface area (Å²) < 4.78 is 0. The van der Waals surface area contributed by atoms with Crippen molar-refractivity contribution < 1.29 is 5.11 Å². The molecule has 0 aromatic rings. The van der Waals surface area contributed by atoms with Gasteiger partial charge in [-0.05, 0) is 48.0 Å². The fraction of sp³-hybridized carbons (Fsp3) is 1.00. The molecular weight excluding hydrogens is 214 g/mol. The molecule has 0 aliphatic carbocycles. The van der Waals surface area contributed by atoms with Gasteiger partial charge in [-0.1, -0.05) is 6.92 Å². The van der Waals surface area contributed by atoms with Crippen LogP contribution in [0.25, 0.3) is 0 Å². The highest BCUT2D eigenvalue weighted by Gasteiger charge is 2.26. The first kappa shape index (κ1) is 16.8. The lowest BCUT2D eigenvalue weighted by molar-refractivity contribution is 0.124. The second kappa shape index (κ2) is 8.03. The van der Waals surface area contributed by atoms with E-state index < -0.39 is 0 Å². The third-order valence-electron chi connectivity index (χ3n) is 3.35. The Bertz CT molecular complexity index is 199. The molecule has 0 spiro atoms. The minimum atomic E-state index is -0.166. The predicted octanol–water partition coefficient (Wildman–Crippen LogP) is 0.619. The third-order valence-corrected chi connectivity index (χ3v) is 3.35. The highest BCUT2D eigenvalue weighted by Crippen LogP contribution is 2.14. The molecular formula is C13H31N3O. The van der Waals surface area contributed by atoms with E-state index in [1.807, 2.05) is 0 Å². The average Bonchev–Trinajstić information content (AvgIpc) is 2.25. The maximum Gasteiger partial charge on any atom is 0.0611 e. The first-order valence-electron chi connectivity index (χ1n) is 6.55. The van der Waals surface area contributed by atoms with Crippen LogP contribution in [0.1, 0.15) is 27.2 Å². The van der Waals surface area contributed by atoms with Crippen molar-refractivity contribution in [2.24, 2.45) is 0 Å². The molecule has 0 aromatic heterocycles. The van der Waals surface area contributed by atoms with Gasteiger partial charge < -0.3 is 20.2 Å². The molecule has 0 rings (SSSR count). The maximum absolute atomic E-state index is 9.48. The summed E-state index contributed by atoms with van der Waals surface area (Å²) in [6, 6.07) is 0.464. The number of aliphatic hydroxyl groups excluding tert-OH is 1. The van der Waals surface area contributed by atoms with E-state index in [-0.39, 0.29) is 12.1 Å². The lowest BCUT2D eigenvalue weighted by atomic mass is 9.94. The molecule has 17 heavy (non-hydrogen) atoms. The van der Waals surface area contributed by atoms with Crippen LogP contribution in [0.2, 0.25) is 0 Å². The second-order valence-corrected chi connectivity index (χ2v) is 5.59. The Labute approximate surface area is 107 Å². The summed E-state index contributed by atoms with van der Waals surface area (Å²) in [4.78, 5) is 4.55. The van der Waals surface area contributed by atoms with Gasteiger partial charge in [0.15, 0.2) is 0 Å². The van der Waals surface area contributed by atoms with Gasteiger partial charge in [-0.25, -0.2) is 0 Å².